The number of nitrogens with one attached hydrogen (secondary N) is 3. The zero-order valence-electron chi connectivity index (χ0n) is 16.4. The Kier molecular flexibility index (Phi) is 7.89. The minimum Gasteiger partial charge on any atom is -0.398 e. The van der Waals surface area contributed by atoms with Gasteiger partial charge in [-0.2, -0.15) is 0 Å². The summed E-state index contributed by atoms with van der Waals surface area (Å²) < 4.78 is 2.11. The van der Waals surface area contributed by atoms with Crippen LogP contribution in [0.15, 0.2) is 35.7 Å². The van der Waals surface area contributed by atoms with Gasteiger partial charge in [-0.3, -0.25) is 9.79 Å². The predicted octanol–water partition coefficient (Wildman–Crippen LogP) is 2.11. The van der Waals surface area contributed by atoms with Gasteiger partial charge in [0.2, 0.25) is 6.41 Å². The Morgan fingerprint density at radius 3 is 3.00 bits per heavy atom. The summed E-state index contributed by atoms with van der Waals surface area (Å²) in [6.45, 7) is 3.77. The Hall–Kier alpha value is -2.58. The molecule has 5 N–H and O–H groups in total. The highest BCUT2D eigenvalue weighted by atomic mass is 35.5. The summed E-state index contributed by atoms with van der Waals surface area (Å²) in [7, 11) is 0. The third-order valence-electron chi connectivity index (χ3n) is 4.63. The van der Waals surface area contributed by atoms with Crippen LogP contribution in [0.5, 0.6) is 0 Å². The van der Waals surface area contributed by atoms with Gasteiger partial charge in [0.15, 0.2) is 0 Å². The second-order valence-electron chi connectivity index (χ2n) is 7.16. The number of hydrogen-bond acceptors (Lipinski definition) is 5. The normalized spacial score (nSPS) is 14.0. The van der Waals surface area contributed by atoms with Crippen LogP contribution in [0.3, 0.4) is 0 Å². The topological polar surface area (TPSA) is 109 Å². The molecule has 3 rings (SSSR count). The van der Waals surface area contributed by atoms with Crippen LogP contribution in [0.2, 0.25) is 5.02 Å². The van der Waals surface area contributed by atoms with E-state index < -0.39 is 0 Å². The summed E-state index contributed by atoms with van der Waals surface area (Å²) in [5, 5.41) is 9.79. The molecule has 1 heterocycles. The largest absolute Gasteiger partial charge is 0.398 e. The number of aromatic nitrogens is 2. The maximum atomic E-state index is 10.2. The second-order valence-corrected chi connectivity index (χ2v) is 7.60. The molecule has 9 heteroatoms. The van der Waals surface area contributed by atoms with E-state index in [1.807, 2.05) is 18.6 Å². The van der Waals surface area contributed by atoms with Crippen molar-refractivity contribution in [3.8, 4) is 0 Å². The van der Waals surface area contributed by atoms with E-state index in [4.69, 9.17) is 22.3 Å². The predicted molar refractivity (Wildman–Crippen MR) is 117 cm³/mol. The molecule has 1 amide bonds. The Morgan fingerprint density at radius 1 is 1.34 bits per heavy atom. The van der Waals surface area contributed by atoms with Gasteiger partial charge in [-0.15, -0.1) is 0 Å². The van der Waals surface area contributed by atoms with Gasteiger partial charge >= 0.3 is 0 Å². The molecule has 0 bridgehead atoms. The molecule has 0 atom stereocenters. The first-order valence-corrected chi connectivity index (χ1v) is 10.3. The molecule has 156 valence electrons. The van der Waals surface area contributed by atoms with Gasteiger partial charge in [0.25, 0.3) is 0 Å². The van der Waals surface area contributed by atoms with E-state index in [2.05, 4.69) is 25.5 Å². The fourth-order valence-electron chi connectivity index (χ4n) is 2.91. The number of nitrogen functional groups attached to an aromatic ring is 1. The van der Waals surface area contributed by atoms with Crippen molar-refractivity contribution >= 4 is 35.4 Å². The highest BCUT2D eigenvalue weighted by molar-refractivity contribution is 6.31. The zero-order chi connectivity index (χ0) is 20.5. The molecule has 1 aromatic carbocycles. The lowest BCUT2D eigenvalue weighted by Gasteiger charge is -2.12. The number of halogens is 1. The van der Waals surface area contributed by atoms with Gasteiger partial charge in [0.1, 0.15) is 11.7 Å². The lowest BCUT2D eigenvalue weighted by atomic mass is 10.1. The van der Waals surface area contributed by atoms with E-state index in [-0.39, 0.29) is 0 Å². The summed E-state index contributed by atoms with van der Waals surface area (Å²) in [6.07, 6.45) is 7.99. The smallest absolute Gasteiger partial charge is 0.207 e. The van der Waals surface area contributed by atoms with Gasteiger partial charge < -0.3 is 26.3 Å². The number of imidazole rings is 1. The third kappa shape index (κ3) is 7.07. The molecular formula is C20H28ClN7O. The first-order valence-electron chi connectivity index (χ1n) is 9.92. The fourth-order valence-corrected chi connectivity index (χ4v) is 3.08. The average Bonchev–Trinajstić information content (AvgIpc) is 3.42. The molecule has 1 aliphatic rings. The van der Waals surface area contributed by atoms with Crippen molar-refractivity contribution in [2.75, 3.05) is 37.2 Å². The van der Waals surface area contributed by atoms with Crippen molar-refractivity contribution in [1.29, 1.82) is 0 Å². The molecule has 0 radical (unpaired) electrons. The molecule has 8 nitrogen and oxygen atoms in total. The number of amidine groups is 1. The first kappa shape index (κ1) is 21.1. The van der Waals surface area contributed by atoms with Crippen LogP contribution in [0, 0.1) is 5.92 Å². The van der Waals surface area contributed by atoms with Crippen LogP contribution in [-0.2, 0) is 11.3 Å². The van der Waals surface area contributed by atoms with Crippen LogP contribution < -0.4 is 21.7 Å². The van der Waals surface area contributed by atoms with Gasteiger partial charge in [-0.25, -0.2) is 4.98 Å². The number of rotatable bonds is 12. The van der Waals surface area contributed by atoms with Crippen molar-refractivity contribution in [3.05, 3.63) is 41.3 Å². The molecule has 0 spiro atoms. The number of amides is 1. The summed E-state index contributed by atoms with van der Waals surface area (Å²) in [5.74, 6) is 2.18. The molecule has 1 aromatic heterocycles. The van der Waals surface area contributed by atoms with Crippen molar-refractivity contribution in [2.45, 2.75) is 25.8 Å². The van der Waals surface area contributed by atoms with Crippen molar-refractivity contribution in [2.24, 2.45) is 10.9 Å². The van der Waals surface area contributed by atoms with E-state index in [0.717, 1.165) is 43.4 Å². The van der Waals surface area contributed by atoms with Crippen LogP contribution in [0.4, 0.5) is 11.5 Å². The van der Waals surface area contributed by atoms with Crippen molar-refractivity contribution in [3.63, 3.8) is 0 Å². The Bertz CT molecular complexity index is 832. The fraction of sp³-hybridized carbons (Fsp3) is 0.450. The number of carbonyl (C=O) groups excluding carboxylic acids is 1. The van der Waals surface area contributed by atoms with Crippen LogP contribution in [0.1, 0.15) is 24.8 Å². The molecule has 29 heavy (non-hydrogen) atoms. The number of anilines is 2. The molecule has 1 aliphatic carbocycles. The summed E-state index contributed by atoms with van der Waals surface area (Å²) >= 11 is 6.18. The Morgan fingerprint density at radius 2 is 2.21 bits per heavy atom. The van der Waals surface area contributed by atoms with E-state index in [1.165, 1.54) is 12.8 Å². The highest BCUT2D eigenvalue weighted by Crippen LogP contribution is 2.30. The van der Waals surface area contributed by atoms with Crippen LogP contribution in [-0.4, -0.2) is 48.0 Å². The maximum absolute atomic E-state index is 10.2. The Balaban J connectivity index is 1.62. The van der Waals surface area contributed by atoms with E-state index in [0.29, 0.717) is 36.0 Å². The lowest BCUT2D eigenvalue weighted by molar-refractivity contribution is -0.109. The Labute approximate surface area is 175 Å². The number of nitrogens with two attached hydrogens (primary N) is 1. The minimum absolute atomic E-state index is 0.604. The van der Waals surface area contributed by atoms with Crippen molar-refractivity contribution in [1.82, 2.24) is 20.2 Å². The zero-order valence-corrected chi connectivity index (χ0v) is 17.2. The maximum Gasteiger partial charge on any atom is 0.207 e. The highest BCUT2D eigenvalue weighted by Gasteiger charge is 2.21. The van der Waals surface area contributed by atoms with Gasteiger partial charge in [0, 0.05) is 48.6 Å². The number of nitrogens with zero attached hydrogens (tertiary/aromatic N) is 3. The molecular weight excluding hydrogens is 390 g/mol. The number of carbonyl (C=O) groups is 1. The third-order valence-corrected chi connectivity index (χ3v) is 4.86. The lowest BCUT2D eigenvalue weighted by Crippen LogP contribution is -2.27. The summed E-state index contributed by atoms with van der Waals surface area (Å²) in [5.41, 5.74) is 7.54. The van der Waals surface area contributed by atoms with Crippen molar-refractivity contribution < 1.29 is 4.79 Å². The van der Waals surface area contributed by atoms with E-state index >= 15 is 0 Å². The SMILES string of the molecule is Nc1ccc(Cl)cc1/C(=N\CCCNCCNC=O)Nc1cn(CC2CC2)cn1. The molecule has 0 aliphatic heterocycles. The number of hydrogen-bond donors (Lipinski definition) is 4. The van der Waals surface area contributed by atoms with Gasteiger partial charge in [0.05, 0.1) is 6.33 Å². The average molecular weight is 418 g/mol. The monoisotopic (exact) mass is 417 g/mol. The number of benzene rings is 1. The van der Waals surface area contributed by atoms with E-state index in [9.17, 15) is 4.79 Å². The van der Waals surface area contributed by atoms with Gasteiger partial charge in [-0.05, 0) is 49.9 Å². The summed E-state index contributed by atoms with van der Waals surface area (Å²) in [6, 6.07) is 5.36. The molecule has 2 aromatic rings. The van der Waals surface area contributed by atoms with Crippen LogP contribution in [0.25, 0.3) is 0 Å². The number of aliphatic imine (C=N–C) groups is 1. The molecule has 1 saturated carbocycles. The minimum atomic E-state index is 0.604. The molecule has 0 unspecified atom stereocenters. The molecule has 1 fully saturated rings. The standard InChI is InChI=1S/C20H28ClN7O/c21-16-4-5-18(22)17(10-16)20(25-7-1-6-23-8-9-24-14-29)27-19-12-28(13-26-19)11-15-2-3-15/h4-5,10,12-15,23H,1-3,6-9,11,22H2,(H,24,29)(H,25,27). The molecule has 0 saturated heterocycles. The summed E-state index contributed by atoms with van der Waals surface area (Å²) in [4.78, 5) is 19.4. The second kappa shape index (κ2) is 10.8. The van der Waals surface area contributed by atoms with Crippen LogP contribution >= 0.6 is 11.6 Å². The van der Waals surface area contributed by atoms with E-state index in [1.54, 1.807) is 12.1 Å². The quantitative estimate of drug-likeness (QED) is 0.139. The van der Waals surface area contributed by atoms with Gasteiger partial charge in [-0.1, -0.05) is 11.6 Å². The first-order chi connectivity index (χ1) is 14.2.